The zero-order valence-corrected chi connectivity index (χ0v) is 18.7. The van der Waals surface area contributed by atoms with Crippen molar-refractivity contribution in [1.82, 2.24) is 19.5 Å². The highest BCUT2D eigenvalue weighted by molar-refractivity contribution is 7.71. The first kappa shape index (κ1) is 23.1. The quantitative estimate of drug-likeness (QED) is 0.216. The summed E-state index contributed by atoms with van der Waals surface area (Å²) < 4.78 is 2.75. The zero-order chi connectivity index (χ0) is 19.9. The molecule has 0 unspecified atom stereocenters. The lowest BCUT2D eigenvalue weighted by Gasteiger charge is -2.05. The number of hydrogen-bond donors (Lipinski definition) is 1. The van der Waals surface area contributed by atoms with Crippen LogP contribution in [-0.4, -0.2) is 19.5 Å². The minimum atomic E-state index is 0.583. The van der Waals surface area contributed by atoms with Crippen LogP contribution in [0.4, 0.5) is 0 Å². The lowest BCUT2D eigenvalue weighted by Crippen LogP contribution is -1.98. The van der Waals surface area contributed by atoms with Crippen LogP contribution in [0.1, 0.15) is 110 Å². The molecule has 0 aliphatic carbocycles. The molecule has 2 heterocycles. The molecular weight excluding hydrogens is 364 g/mol. The molecule has 0 saturated heterocycles. The number of aryl methyl sites for hydroxylation is 1. The molecule has 0 bridgehead atoms. The van der Waals surface area contributed by atoms with Gasteiger partial charge in [0.1, 0.15) is 11.2 Å². The summed E-state index contributed by atoms with van der Waals surface area (Å²) >= 11 is 5.21. The molecule has 2 aromatic heterocycles. The third-order valence-corrected chi connectivity index (χ3v) is 5.97. The highest BCUT2D eigenvalue weighted by Crippen LogP contribution is 2.15. The van der Waals surface area contributed by atoms with E-state index in [-0.39, 0.29) is 0 Å². The molecule has 4 nitrogen and oxygen atoms in total. The van der Waals surface area contributed by atoms with E-state index < -0.39 is 0 Å². The average Bonchev–Trinajstić information content (AvgIpc) is 3.12. The van der Waals surface area contributed by atoms with Crippen molar-refractivity contribution in [3.8, 4) is 0 Å². The maximum absolute atomic E-state index is 5.21. The number of rotatable bonds is 17. The van der Waals surface area contributed by atoms with Crippen molar-refractivity contribution in [2.75, 3.05) is 0 Å². The molecule has 158 valence electrons. The second-order valence-corrected chi connectivity index (χ2v) is 8.53. The van der Waals surface area contributed by atoms with Gasteiger partial charge in [0.15, 0.2) is 4.64 Å². The fourth-order valence-electron chi connectivity index (χ4n) is 3.90. The van der Waals surface area contributed by atoms with Crippen molar-refractivity contribution in [2.24, 2.45) is 0 Å². The molecule has 0 fully saturated rings. The van der Waals surface area contributed by atoms with Gasteiger partial charge in [0.25, 0.3) is 0 Å². The van der Waals surface area contributed by atoms with Crippen LogP contribution in [-0.2, 0) is 6.54 Å². The van der Waals surface area contributed by atoms with Gasteiger partial charge in [0.2, 0.25) is 0 Å². The van der Waals surface area contributed by atoms with Gasteiger partial charge < -0.3 is 9.55 Å². The molecule has 5 heteroatoms. The zero-order valence-electron chi connectivity index (χ0n) is 17.9. The topological polar surface area (TPSA) is 46.5 Å². The van der Waals surface area contributed by atoms with E-state index >= 15 is 0 Å². The van der Waals surface area contributed by atoms with Gasteiger partial charge in [-0.2, -0.15) is 0 Å². The van der Waals surface area contributed by atoms with Crippen molar-refractivity contribution in [3.05, 3.63) is 17.3 Å². The van der Waals surface area contributed by atoms with Crippen LogP contribution in [0.3, 0.4) is 0 Å². The normalized spacial score (nSPS) is 11.5. The second-order valence-electron chi connectivity index (χ2n) is 8.15. The van der Waals surface area contributed by atoms with Crippen molar-refractivity contribution in [1.29, 1.82) is 0 Å². The van der Waals surface area contributed by atoms with Gasteiger partial charge in [0, 0.05) is 6.54 Å². The van der Waals surface area contributed by atoms with E-state index in [0.717, 1.165) is 17.7 Å². The molecule has 2 aromatic rings. The highest BCUT2D eigenvalue weighted by atomic mass is 32.1. The van der Waals surface area contributed by atoms with Gasteiger partial charge in [-0.3, -0.25) is 0 Å². The van der Waals surface area contributed by atoms with Crippen LogP contribution >= 0.6 is 12.2 Å². The molecule has 0 spiro atoms. The molecular formula is C23H40N4S. The van der Waals surface area contributed by atoms with Crippen molar-refractivity contribution in [3.63, 3.8) is 0 Å². The van der Waals surface area contributed by atoms with Crippen LogP contribution in [0, 0.1) is 4.64 Å². The number of nitrogens with zero attached hydrogens (tertiary/aromatic N) is 3. The van der Waals surface area contributed by atoms with Crippen molar-refractivity contribution < 1.29 is 0 Å². The Morgan fingerprint density at radius 2 is 1.25 bits per heavy atom. The first-order valence-electron chi connectivity index (χ1n) is 11.7. The number of unbranched alkanes of at least 4 members (excludes halogenated alkanes) is 15. The number of aromatic amines is 1. The van der Waals surface area contributed by atoms with Gasteiger partial charge in [-0.15, -0.1) is 0 Å². The number of imidazole rings is 1. The smallest absolute Gasteiger partial charge is 0.157 e. The van der Waals surface area contributed by atoms with E-state index in [0.29, 0.717) is 4.64 Å². The van der Waals surface area contributed by atoms with Crippen LogP contribution < -0.4 is 0 Å². The van der Waals surface area contributed by atoms with E-state index in [1.165, 1.54) is 103 Å². The Hall–Kier alpha value is -1.23. The third kappa shape index (κ3) is 8.85. The maximum atomic E-state index is 5.21. The van der Waals surface area contributed by atoms with Gasteiger partial charge in [-0.05, 0) is 6.42 Å². The summed E-state index contributed by atoms with van der Waals surface area (Å²) in [4.78, 5) is 11.6. The number of H-pyrrole nitrogens is 1. The Bertz CT molecular complexity index is 691. The minimum absolute atomic E-state index is 0.583. The Morgan fingerprint density at radius 3 is 1.79 bits per heavy atom. The SMILES string of the molecule is CCCCCCCCCCCCCCCCCCn1cnc2c(=S)nc[nH]c21. The highest BCUT2D eigenvalue weighted by Gasteiger charge is 2.04. The summed E-state index contributed by atoms with van der Waals surface area (Å²) in [6.07, 6.45) is 26.0. The molecule has 28 heavy (non-hydrogen) atoms. The lowest BCUT2D eigenvalue weighted by molar-refractivity contribution is 0.522. The molecule has 0 aliphatic heterocycles. The Balaban J connectivity index is 1.37. The van der Waals surface area contributed by atoms with Gasteiger partial charge in [-0.1, -0.05) is 115 Å². The monoisotopic (exact) mass is 404 g/mol. The molecule has 2 rings (SSSR count). The Labute approximate surface area is 176 Å². The van der Waals surface area contributed by atoms with Crippen LogP contribution in [0.25, 0.3) is 11.2 Å². The van der Waals surface area contributed by atoms with Gasteiger partial charge >= 0.3 is 0 Å². The average molecular weight is 405 g/mol. The summed E-state index contributed by atoms with van der Waals surface area (Å²) in [7, 11) is 0. The van der Waals surface area contributed by atoms with Crippen molar-refractivity contribution >= 4 is 23.4 Å². The molecule has 1 N–H and O–H groups in total. The molecule has 0 amide bonds. The molecule has 0 atom stereocenters. The number of nitrogens with one attached hydrogen (secondary N) is 1. The van der Waals surface area contributed by atoms with Crippen molar-refractivity contribution in [2.45, 2.75) is 116 Å². The van der Waals surface area contributed by atoms with E-state index in [1.54, 1.807) is 6.33 Å². The van der Waals surface area contributed by atoms with E-state index in [4.69, 9.17) is 12.2 Å². The Kier molecular flexibility index (Phi) is 12.1. The van der Waals surface area contributed by atoms with E-state index in [2.05, 4.69) is 26.4 Å². The summed E-state index contributed by atoms with van der Waals surface area (Å²) in [5, 5.41) is 0. The molecule has 0 aromatic carbocycles. The molecule has 0 saturated carbocycles. The summed E-state index contributed by atoms with van der Waals surface area (Å²) in [5.41, 5.74) is 1.81. The lowest BCUT2D eigenvalue weighted by atomic mass is 10.0. The van der Waals surface area contributed by atoms with Crippen LogP contribution in [0.2, 0.25) is 0 Å². The van der Waals surface area contributed by atoms with Crippen LogP contribution in [0.5, 0.6) is 0 Å². The Morgan fingerprint density at radius 1 is 0.750 bits per heavy atom. The van der Waals surface area contributed by atoms with Gasteiger partial charge in [-0.25, -0.2) is 9.97 Å². The van der Waals surface area contributed by atoms with E-state index in [1.807, 2.05) is 6.33 Å². The van der Waals surface area contributed by atoms with Gasteiger partial charge in [0.05, 0.1) is 12.7 Å². The first-order valence-corrected chi connectivity index (χ1v) is 12.1. The minimum Gasteiger partial charge on any atom is -0.331 e. The predicted octanol–water partition coefficient (Wildman–Crippen LogP) is 7.75. The van der Waals surface area contributed by atoms with Crippen LogP contribution in [0.15, 0.2) is 12.7 Å². The fraction of sp³-hybridized carbons (Fsp3) is 0.783. The number of aromatic nitrogens is 4. The fourth-order valence-corrected chi connectivity index (χ4v) is 4.11. The first-order chi connectivity index (χ1) is 13.8. The van der Waals surface area contributed by atoms with E-state index in [9.17, 15) is 0 Å². The predicted molar refractivity (Wildman–Crippen MR) is 122 cm³/mol. The maximum Gasteiger partial charge on any atom is 0.157 e. The number of hydrogen-bond acceptors (Lipinski definition) is 3. The summed E-state index contributed by atoms with van der Waals surface area (Å²) in [6, 6.07) is 0. The second kappa shape index (κ2) is 14.7. The molecule has 0 aliphatic rings. The standard InChI is InChI=1S/C23H40N4S/c1-2-3-4-5-6-7-8-9-10-11-12-13-14-15-16-17-18-27-20-26-21-22(27)24-19-25-23(21)28/h19-20H,2-18H2,1H3,(H,24,25,28). The largest absolute Gasteiger partial charge is 0.331 e. The summed E-state index contributed by atoms with van der Waals surface area (Å²) in [6.45, 7) is 3.29. The number of fused-ring (bicyclic) bond motifs is 1. The summed E-state index contributed by atoms with van der Waals surface area (Å²) in [5.74, 6) is 0. The third-order valence-electron chi connectivity index (χ3n) is 5.68. The molecule has 0 radical (unpaired) electrons.